The molecule has 0 radical (unpaired) electrons. The molecule has 0 saturated heterocycles. The van der Waals surface area contributed by atoms with E-state index in [9.17, 15) is 5.11 Å². The molecule has 0 aromatic heterocycles. The van der Waals surface area contributed by atoms with Crippen molar-refractivity contribution in [3.8, 4) is 6.07 Å². The van der Waals surface area contributed by atoms with Crippen LogP contribution in [0.1, 0.15) is 40.0 Å². The molecule has 13 heavy (non-hydrogen) atoms. The third kappa shape index (κ3) is 5.62. The minimum Gasteiger partial charge on any atom is -0.392 e. The number of aliphatic hydroxyl groups is 1. The lowest BCUT2D eigenvalue weighted by atomic mass is 9.98. The molecule has 0 saturated carbocycles. The third-order valence-corrected chi connectivity index (χ3v) is 2.34. The van der Waals surface area contributed by atoms with Gasteiger partial charge in [-0.2, -0.15) is 5.26 Å². The van der Waals surface area contributed by atoms with Crippen LogP contribution in [-0.2, 0) is 0 Å². The van der Waals surface area contributed by atoms with Gasteiger partial charge in [-0.15, -0.1) is 0 Å². The average molecular weight is 184 g/mol. The van der Waals surface area contributed by atoms with Crippen LogP contribution in [0.2, 0.25) is 0 Å². The Hall–Kier alpha value is -0.590. The first-order valence-electron chi connectivity index (χ1n) is 4.80. The molecule has 0 heterocycles. The van der Waals surface area contributed by atoms with E-state index in [2.05, 4.69) is 11.4 Å². The van der Waals surface area contributed by atoms with E-state index in [-0.39, 0.29) is 11.6 Å². The van der Waals surface area contributed by atoms with E-state index < -0.39 is 0 Å². The molecule has 1 unspecified atom stereocenters. The average Bonchev–Trinajstić information content (AvgIpc) is 2.03. The zero-order chi connectivity index (χ0) is 10.3. The minimum absolute atomic E-state index is 0.230. The predicted molar refractivity (Wildman–Crippen MR) is 53.2 cm³/mol. The highest BCUT2D eigenvalue weighted by atomic mass is 16.3. The van der Waals surface area contributed by atoms with Crippen LogP contribution in [-0.4, -0.2) is 23.3 Å². The number of hydrogen-bond acceptors (Lipinski definition) is 3. The summed E-state index contributed by atoms with van der Waals surface area (Å²) in [7, 11) is 0. The number of nitrogens with one attached hydrogen (secondary N) is 1. The van der Waals surface area contributed by atoms with Gasteiger partial charge in [0.2, 0.25) is 0 Å². The summed E-state index contributed by atoms with van der Waals surface area (Å²) >= 11 is 0. The fraction of sp³-hybridized carbons (Fsp3) is 0.900. The third-order valence-electron chi connectivity index (χ3n) is 2.34. The minimum atomic E-state index is -0.358. The van der Waals surface area contributed by atoms with E-state index in [1.54, 1.807) is 6.92 Å². The smallest absolute Gasteiger partial charge is 0.0688 e. The largest absolute Gasteiger partial charge is 0.392 e. The van der Waals surface area contributed by atoms with Gasteiger partial charge in [0.1, 0.15) is 0 Å². The van der Waals surface area contributed by atoms with Crippen LogP contribution < -0.4 is 5.32 Å². The molecule has 0 rings (SSSR count). The SMILES string of the molecule is CC(O)C(C)(C)NCCCCC#N. The topological polar surface area (TPSA) is 56.0 Å². The molecule has 0 aromatic carbocycles. The lowest BCUT2D eigenvalue weighted by molar-refractivity contribution is 0.0967. The Morgan fingerprint density at radius 2 is 2.08 bits per heavy atom. The van der Waals surface area contributed by atoms with Gasteiger partial charge < -0.3 is 10.4 Å². The second-order valence-corrected chi connectivity index (χ2v) is 3.94. The standard InChI is InChI=1S/C10H20N2O/c1-9(13)10(2,3)12-8-6-4-5-7-11/h9,12-13H,4-6,8H2,1-3H3. The molecule has 76 valence electrons. The van der Waals surface area contributed by atoms with E-state index in [0.717, 1.165) is 19.4 Å². The van der Waals surface area contributed by atoms with Crippen molar-refractivity contribution in [2.45, 2.75) is 51.7 Å². The summed E-state index contributed by atoms with van der Waals surface area (Å²) in [6.45, 7) is 6.59. The van der Waals surface area contributed by atoms with Gasteiger partial charge in [-0.3, -0.25) is 0 Å². The maximum Gasteiger partial charge on any atom is 0.0688 e. The van der Waals surface area contributed by atoms with Crippen molar-refractivity contribution >= 4 is 0 Å². The summed E-state index contributed by atoms with van der Waals surface area (Å²) in [4.78, 5) is 0. The zero-order valence-electron chi connectivity index (χ0n) is 8.80. The molecule has 0 aliphatic carbocycles. The van der Waals surface area contributed by atoms with Gasteiger partial charge in [-0.05, 0) is 40.2 Å². The van der Waals surface area contributed by atoms with E-state index in [1.165, 1.54) is 0 Å². The molecule has 0 aliphatic heterocycles. The Labute approximate surface area is 80.8 Å². The molecule has 0 amide bonds. The number of aliphatic hydroxyl groups excluding tert-OH is 1. The molecule has 0 aliphatic rings. The molecule has 3 nitrogen and oxygen atoms in total. The van der Waals surface area contributed by atoms with Crippen LogP contribution >= 0.6 is 0 Å². The molecule has 0 spiro atoms. The van der Waals surface area contributed by atoms with Crippen LogP contribution in [0.15, 0.2) is 0 Å². The summed E-state index contributed by atoms with van der Waals surface area (Å²) in [6.07, 6.45) is 2.18. The maximum absolute atomic E-state index is 9.37. The van der Waals surface area contributed by atoms with Crippen molar-refractivity contribution in [2.24, 2.45) is 0 Å². The zero-order valence-corrected chi connectivity index (χ0v) is 8.80. The molecule has 1 atom stereocenters. The Balaban J connectivity index is 3.48. The summed E-state index contributed by atoms with van der Waals surface area (Å²) in [6, 6.07) is 2.11. The fourth-order valence-corrected chi connectivity index (χ4v) is 0.887. The monoisotopic (exact) mass is 184 g/mol. The van der Waals surface area contributed by atoms with Gasteiger partial charge in [0.25, 0.3) is 0 Å². The van der Waals surface area contributed by atoms with Crippen molar-refractivity contribution < 1.29 is 5.11 Å². The molecule has 2 N–H and O–H groups in total. The Bertz CT molecular complexity index is 170. The van der Waals surface area contributed by atoms with Crippen LogP contribution in [0.4, 0.5) is 0 Å². The lowest BCUT2D eigenvalue weighted by Crippen LogP contribution is -2.48. The Morgan fingerprint density at radius 3 is 2.54 bits per heavy atom. The number of unbranched alkanes of at least 4 members (excludes halogenated alkanes) is 2. The first-order valence-corrected chi connectivity index (χ1v) is 4.80. The molecular weight excluding hydrogens is 164 g/mol. The number of rotatable bonds is 6. The molecule has 0 aromatic rings. The summed E-state index contributed by atoms with van der Waals surface area (Å²) in [5, 5.41) is 20.9. The van der Waals surface area contributed by atoms with Crippen molar-refractivity contribution in [3.05, 3.63) is 0 Å². The first kappa shape index (κ1) is 12.4. The van der Waals surface area contributed by atoms with Crippen molar-refractivity contribution in [3.63, 3.8) is 0 Å². The molecule has 0 bridgehead atoms. The van der Waals surface area contributed by atoms with Gasteiger partial charge in [0.15, 0.2) is 0 Å². The Morgan fingerprint density at radius 1 is 1.46 bits per heavy atom. The highest BCUT2D eigenvalue weighted by molar-refractivity contribution is 4.82. The maximum atomic E-state index is 9.37. The molecule has 3 heteroatoms. The van der Waals surface area contributed by atoms with Crippen LogP contribution in [0.5, 0.6) is 0 Å². The summed E-state index contributed by atoms with van der Waals surface area (Å²) < 4.78 is 0. The fourth-order valence-electron chi connectivity index (χ4n) is 0.887. The molecule has 0 fully saturated rings. The van der Waals surface area contributed by atoms with E-state index in [0.29, 0.717) is 6.42 Å². The van der Waals surface area contributed by atoms with E-state index in [4.69, 9.17) is 5.26 Å². The van der Waals surface area contributed by atoms with Crippen LogP contribution in [0, 0.1) is 11.3 Å². The second-order valence-electron chi connectivity index (χ2n) is 3.94. The first-order chi connectivity index (χ1) is 6.00. The quantitative estimate of drug-likeness (QED) is 0.614. The van der Waals surface area contributed by atoms with Gasteiger partial charge in [-0.25, -0.2) is 0 Å². The Kier molecular flexibility index (Phi) is 5.68. The molecular formula is C10H20N2O. The van der Waals surface area contributed by atoms with Crippen molar-refractivity contribution in [1.82, 2.24) is 5.32 Å². The highest BCUT2D eigenvalue weighted by Gasteiger charge is 2.22. The van der Waals surface area contributed by atoms with Crippen molar-refractivity contribution in [1.29, 1.82) is 5.26 Å². The lowest BCUT2D eigenvalue weighted by Gasteiger charge is -2.29. The van der Waals surface area contributed by atoms with Gasteiger partial charge in [0, 0.05) is 12.0 Å². The summed E-state index contributed by atoms with van der Waals surface area (Å²) in [5.74, 6) is 0. The second kappa shape index (κ2) is 5.95. The summed E-state index contributed by atoms with van der Waals surface area (Å²) in [5.41, 5.74) is -0.230. The van der Waals surface area contributed by atoms with Gasteiger partial charge in [0.05, 0.1) is 12.2 Å². The van der Waals surface area contributed by atoms with Crippen LogP contribution in [0.3, 0.4) is 0 Å². The number of nitriles is 1. The number of nitrogens with zero attached hydrogens (tertiary/aromatic N) is 1. The van der Waals surface area contributed by atoms with Crippen LogP contribution in [0.25, 0.3) is 0 Å². The van der Waals surface area contributed by atoms with E-state index in [1.807, 2.05) is 13.8 Å². The van der Waals surface area contributed by atoms with Crippen molar-refractivity contribution in [2.75, 3.05) is 6.54 Å². The van der Waals surface area contributed by atoms with Gasteiger partial charge >= 0.3 is 0 Å². The number of hydrogen-bond donors (Lipinski definition) is 2. The van der Waals surface area contributed by atoms with E-state index >= 15 is 0 Å². The predicted octanol–water partition coefficient (Wildman–Crippen LogP) is 1.43. The normalized spacial score (nSPS) is 13.8. The van der Waals surface area contributed by atoms with Gasteiger partial charge in [-0.1, -0.05) is 0 Å². The highest BCUT2D eigenvalue weighted by Crippen LogP contribution is 2.08.